The number of aliphatic hydroxyl groups is 1. The van der Waals surface area contributed by atoms with Crippen molar-refractivity contribution < 1.29 is 32.3 Å². The quantitative estimate of drug-likeness (QED) is 0.0313. The number of carbonyl (C=O) groups excluding carboxylic acids is 2. The van der Waals surface area contributed by atoms with Gasteiger partial charge >= 0.3 is 0 Å². The molecule has 432 valence electrons. The van der Waals surface area contributed by atoms with E-state index in [1.807, 2.05) is 57.0 Å². The number of aromatic nitrogens is 8. The number of carbonyl (C=O) groups is 2. The SMILES string of the molecule is CNc1cc(-n2nccc2Nc2cc(NC(=O)c3cc(CNC4CC4N(C)c4cc(-n5nc(C)cc5Nc5cc(NC(=O)c6cc(CNC7CCC(O)CC7)cc(C(C)(F)F)c6)ccc5C)ncn4)cc(C(C)(F)F)c3)ccc2C)ncn1. The standard InChI is InChI=1S/C60H66F4N16O3/c1-34-8-10-44(25-47(34)75-52-16-17-72-79(52)54-28-51(65-6)68-32-70-54)73-58(83)40-20-38(22-42(24-40)60(5,63)64)31-67-49-27-50(49)78(7)53-29-55(71-33-69-53)80-56(18-36(3)77-80)76-48-26-45(11-9-35(48)2)74-57(82)39-19-37(21-41(23-39)59(4,61)62)30-66-43-12-14-46(81)15-13-43/h8-11,16-26,28-29,32-33,43,46,49-50,66-67,75-76,81H,12-15,27,30-31H2,1-7H3,(H,73,83)(H,74,82)(H,65,68,70). The molecule has 83 heavy (non-hydrogen) atoms. The van der Waals surface area contributed by atoms with Gasteiger partial charge in [0.15, 0.2) is 11.6 Å². The summed E-state index contributed by atoms with van der Waals surface area (Å²) in [6.45, 7) is 7.81. The zero-order valence-electron chi connectivity index (χ0n) is 47.0. The predicted octanol–water partition coefficient (Wildman–Crippen LogP) is 10.6. The summed E-state index contributed by atoms with van der Waals surface area (Å²) in [5, 5.41) is 41.6. The summed E-state index contributed by atoms with van der Waals surface area (Å²) >= 11 is 0. The largest absolute Gasteiger partial charge is 0.393 e. The highest BCUT2D eigenvalue weighted by Gasteiger charge is 2.41. The van der Waals surface area contributed by atoms with E-state index < -0.39 is 23.7 Å². The number of aryl methyl sites for hydroxylation is 3. The monoisotopic (exact) mass is 1130 g/mol. The number of hydrogen-bond donors (Lipinski definition) is 8. The number of nitrogens with zero attached hydrogens (tertiary/aromatic N) is 9. The Kier molecular flexibility index (Phi) is 16.6. The average Bonchev–Trinajstić information content (AvgIpc) is 3.70. The van der Waals surface area contributed by atoms with Crippen molar-refractivity contribution in [1.82, 2.24) is 50.1 Å². The normalized spacial score (nSPS) is 17.0. The molecule has 23 heteroatoms. The maximum Gasteiger partial charge on any atom is 0.270 e. The number of aliphatic hydroxyl groups excluding tert-OH is 1. The average molecular weight is 1140 g/mol. The highest BCUT2D eigenvalue weighted by atomic mass is 19.3. The highest BCUT2D eigenvalue weighted by molar-refractivity contribution is 6.05. The first kappa shape index (κ1) is 57.4. The molecule has 0 saturated heterocycles. The molecule has 10 rings (SSSR count). The summed E-state index contributed by atoms with van der Waals surface area (Å²) in [5.41, 5.74) is 5.34. The number of nitrogens with one attached hydrogen (secondary N) is 7. The first-order chi connectivity index (χ1) is 39.6. The molecule has 8 aromatic rings. The van der Waals surface area contributed by atoms with Gasteiger partial charge in [0, 0.05) is 128 Å². The molecule has 2 aliphatic rings. The lowest BCUT2D eigenvalue weighted by Gasteiger charge is -2.26. The molecule has 0 aliphatic heterocycles. The van der Waals surface area contributed by atoms with Crippen molar-refractivity contribution in [1.29, 1.82) is 0 Å². The van der Waals surface area contributed by atoms with Gasteiger partial charge in [-0.15, -0.1) is 0 Å². The van der Waals surface area contributed by atoms with Crippen LogP contribution in [-0.4, -0.2) is 94.7 Å². The Bertz CT molecular complexity index is 3660. The molecular weight excluding hydrogens is 1070 g/mol. The van der Waals surface area contributed by atoms with Crippen LogP contribution in [0.5, 0.6) is 0 Å². The van der Waals surface area contributed by atoms with Gasteiger partial charge in [0.2, 0.25) is 0 Å². The van der Waals surface area contributed by atoms with Gasteiger partial charge < -0.3 is 47.2 Å². The molecule has 0 radical (unpaired) electrons. The lowest BCUT2D eigenvalue weighted by molar-refractivity contribution is 0.0166. The number of hydrogen-bond acceptors (Lipinski definition) is 15. The van der Waals surface area contributed by atoms with E-state index in [2.05, 4.69) is 62.3 Å². The van der Waals surface area contributed by atoms with E-state index in [9.17, 15) is 23.5 Å². The van der Waals surface area contributed by atoms with Gasteiger partial charge in [0.25, 0.3) is 23.7 Å². The molecule has 2 fully saturated rings. The number of amides is 2. The molecule has 2 amide bonds. The van der Waals surface area contributed by atoms with Gasteiger partial charge in [-0.05, 0) is 136 Å². The van der Waals surface area contributed by atoms with Crippen LogP contribution in [0.25, 0.3) is 11.6 Å². The van der Waals surface area contributed by atoms with Crippen molar-refractivity contribution in [3.63, 3.8) is 0 Å². The lowest BCUT2D eigenvalue weighted by Crippen LogP contribution is -2.34. The van der Waals surface area contributed by atoms with Crippen LogP contribution in [0.3, 0.4) is 0 Å². The van der Waals surface area contributed by atoms with Crippen molar-refractivity contribution in [3.05, 3.63) is 166 Å². The molecule has 0 spiro atoms. The Morgan fingerprint density at radius 2 is 1.23 bits per heavy atom. The number of likely N-dealkylation sites (N-methyl/N-ethyl adjacent to an activating group) is 1. The van der Waals surface area contributed by atoms with Crippen LogP contribution in [-0.2, 0) is 24.9 Å². The first-order valence-corrected chi connectivity index (χ1v) is 27.4. The minimum Gasteiger partial charge on any atom is -0.393 e. The summed E-state index contributed by atoms with van der Waals surface area (Å²) in [4.78, 5) is 47.3. The van der Waals surface area contributed by atoms with Gasteiger partial charge in [-0.1, -0.05) is 12.1 Å². The van der Waals surface area contributed by atoms with E-state index in [0.717, 1.165) is 44.2 Å². The van der Waals surface area contributed by atoms with Crippen LogP contribution in [0, 0.1) is 20.8 Å². The Hall–Kier alpha value is -8.80. The molecule has 8 N–H and O–H groups in total. The molecule has 2 aliphatic carbocycles. The van der Waals surface area contributed by atoms with Crippen LogP contribution in [0.1, 0.15) is 106 Å². The van der Waals surface area contributed by atoms with Gasteiger partial charge in [-0.2, -0.15) is 19.6 Å². The Labute approximate surface area is 477 Å². The first-order valence-electron chi connectivity index (χ1n) is 27.4. The topological polar surface area (TPSA) is 229 Å². The minimum absolute atomic E-state index is 0.00905. The number of benzene rings is 4. The lowest BCUT2D eigenvalue weighted by atomic mass is 9.93. The maximum atomic E-state index is 15.0. The number of rotatable bonds is 21. The zero-order chi connectivity index (χ0) is 58.7. The highest BCUT2D eigenvalue weighted by Crippen LogP contribution is 2.35. The van der Waals surface area contributed by atoms with Gasteiger partial charge in [-0.3, -0.25) is 9.59 Å². The second-order valence-corrected chi connectivity index (χ2v) is 21.6. The fraction of sp³-hybridized carbons (Fsp3) is 0.333. The Balaban J connectivity index is 0.780. The summed E-state index contributed by atoms with van der Waals surface area (Å²) < 4.78 is 62.9. The zero-order valence-corrected chi connectivity index (χ0v) is 47.0. The van der Waals surface area contributed by atoms with Crippen LogP contribution in [0.4, 0.5) is 63.6 Å². The van der Waals surface area contributed by atoms with E-state index in [1.165, 1.54) is 36.9 Å². The minimum atomic E-state index is -3.22. The summed E-state index contributed by atoms with van der Waals surface area (Å²) in [6.07, 6.45) is 7.84. The van der Waals surface area contributed by atoms with Gasteiger partial charge in [0.05, 0.1) is 18.0 Å². The summed E-state index contributed by atoms with van der Waals surface area (Å²) in [6, 6.07) is 26.5. The van der Waals surface area contributed by atoms with Gasteiger partial charge in [0.1, 0.15) is 35.9 Å². The number of halogens is 4. The molecule has 2 unspecified atom stereocenters. The second-order valence-electron chi connectivity index (χ2n) is 21.6. The molecule has 2 atom stereocenters. The van der Waals surface area contributed by atoms with E-state index in [4.69, 9.17) is 5.10 Å². The van der Waals surface area contributed by atoms with E-state index in [0.29, 0.717) is 93.9 Å². The van der Waals surface area contributed by atoms with Crippen LogP contribution >= 0.6 is 0 Å². The molecule has 4 heterocycles. The van der Waals surface area contributed by atoms with Crippen molar-refractivity contribution in [2.24, 2.45) is 0 Å². The Morgan fingerprint density at radius 1 is 0.663 bits per heavy atom. The van der Waals surface area contributed by atoms with Crippen LogP contribution in [0.2, 0.25) is 0 Å². The van der Waals surface area contributed by atoms with Crippen molar-refractivity contribution >= 4 is 57.8 Å². The van der Waals surface area contributed by atoms with Crippen molar-refractivity contribution in [2.75, 3.05) is 45.6 Å². The third kappa shape index (κ3) is 13.9. The number of anilines is 8. The molecular formula is C60H66F4N16O3. The maximum absolute atomic E-state index is 15.0. The fourth-order valence-corrected chi connectivity index (χ4v) is 10.1. The molecule has 4 aromatic carbocycles. The van der Waals surface area contributed by atoms with Crippen LogP contribution in [0.15, 0.2) is 116 Å². The van der Waals surface area contributed by atoms with E-state index in [-0.39, 0.29) is 53.0 Å². The summed E-state index contributed by atoms with van der Waals surface area (Å²) in [7, 11) is 3.67. The van der Waals surface area contributed by atoms with Crippen molar-refractivity contribution in [2.45, 2.75) is 116 Å². The van der Waals surface area contributed by atoms with E-state index >= 15 is 8.78 Å². The Morgan fingerprint density at radius 3 is 1.82 bits per heavy atom. The van der Waals surface area contributed by atoms with Crippen molar-refractivity contribution in [3.8, 4) is 11.6 Å². The number of alkyl halides is 4. The third-order valence-electron chi connectivity index (χ3n) is 15.0. The fourth-order valence-electron chi connectivity index (χ4n) is 10.1. The summed E-state index contributed by atoms with van der Waals surface area (Å²) in [5.74, 6) is -4.07. The predicted molar refractivity (Wildman–Crippen MR) is 312 cm³/mol. The second kappa shape index (κ2) is 24.0. The molecule has 0 bridgehead atoms. The van der Waals surface area contributed by atoms with Crippen LogP contribution < -0.4 is 42.1 Å². The smallest absolute Gasteiger partial charge is 0.270 e. The third-order valence-corrected chi connectivity index (χ3v) is 15.0. The molecule has 4 aromatic heterocycles. The van der Waals surface area contributed by atoms with Gasteiger partial charge in [-0.25, -0.2) is 37.5 Å². The van der Waals surface area contributed by atoms with E-state index in [1.54, 1.807) is 71.1 Å². The molecule has 19 nitrogen and oxygen atoms in total. The molecule has 2 saturated carbocycles.